The predicted molar refractivity (Wildman–Crippen MR) is 102 cm³/mol. The maximum Gasteiger partial charge on any atom is 0.274 e. The number of amides is 2. The van der Waals surface area contributed by atoms with E-state index in [1.54, 1.807) is 23.1 Å². The van der Waals surface area contributed by atoms with E-state index in [1.165, 1.54) is 19.4 Å². The van der Waals surface area contributed by atoms with E-state index in [-0.39, 0.29) is 11.6 Å². The normalized spacial score (nSPS) is 10.3. The zero-order valence-electron chi connectivity index (χ0n) is 15.3. The standard InChI is InChI=1S/C19H22ClN3O3/c1-5-23(6-2)19(25)13-7-8-21-16(10-13)18(24)22-15-9-12(3)14(20)11-17(15)26-4/h7-11H,5-6H2,1-4H3,(H,22,24). The molecule has 0 saturated carbocycles. The molecule has 7 heteroatoms. The van der Waals surface area contributed by atoms with E-state index >= 15 is 0 Å². The highest BCUT2D eigenvalue weighted by molar-refractivity contribution is 6.31. The molecule has 0 aliphatic rings. The topological polar surface area (TPSA) is 71.5 Å². The SMILES string of the molecule is CCN(CC)C(=O)c1ccnc(C(=O)Nc2cc(C)c(Cl)cc2OC)c1. The van der Waals surface area contributed by atoms with Crippen LogP contribution in [0.15, 0.2) is 30.5 Å². The largest absolute Gasteiger partial charge is 0.495 e. The summed E-state index contributed by atoms with van der Waals surface area (Å²) < 4.78 is 5.26. The summed E-state index contributed by atoms with van der Waals surface area (Å²) >= 11 is 6.08. The highest BCUT2D eigenvalue weighted by Gasteiger charge is 2.17. The van der Waals surface area contributed by atoms with Crippen molar-refractivity contribution in [2.45, 2.75) is 20.8 Å². The van der Waals surface area contributed by atoms with Crippen LogP contribution in [0.25, 0.3) is 0 Å². The molecule has 1 N–H and O–H groups in total. The van der Waals surface area contributed by atoms with Gasteiger partial charge in [0, 0.05) is 35.9 Å². The van der Waals surface area contributed by atoms with Gasteiger partial charge in [0.2, 0.25) is 0 Å². The van der Waals surface area contributed by atoms with Gasteiger partial charge in [0.15, 0.2) is 0 Å². The van der Waals surface area contributed by atoms with Gasteiger partial charge in [-0.1, -0.05) is 11.6 Å². The van der Waals surface area contributed by atoms with Gasteiger partial charge in [0.05, 0.1) is 12.8 Å². The Balaban J connectivity index is 2.27. The fourth-order valence-electron chi connectivity index (χ4n) is 2.50. The second-order valence-corrected chi connectivity index (χ2v) is 6.07. The van der Waals surface area contributed by atoms with Gasteiger partial charge in [-0.3, -0.25) is 14.6 Å². The van der Waals surface area contributed by atoms with Gasteiger partial charge in [0.1, 0.15) is 11.4 Å². The van der Waals surface area contributed by atoms with Crippen molar-refractivity contribution >= 4 is 29.1 Å². The third-order valence-electron chi connectivity index (χ3n) is 4.02. The molecule has 0 spiro atoms. The lowest BCUT2D eigenvalue weighted by Crippen LogP contribution is -2.30. The Bertz CT molecular complexity index is 820. The number of hydrogen-bond donors (Lipinski definition) is 1. The molecule has 0 radical (unpaired) electrons. The molecule has 0 bridgehead atoms. The first-order valence-corrected chi connectivity index (χ1v) is 8.69. The van der Waals surface area contributed by atoms with Crippen LogP contribution < -0.4 is 10.1 Å². The molecule has 0 unspecified atom stereocenters. The summed E-state index contributed by atoms with van der Waals surface area (Å²) in [5.41, 5.74) is 1.87. The first-order valence-electron chi connectivity index (χ1n) is 8.32. The van der Waals surface area contributed by atoms with Crippen LogP contribution in [0.3, 0.4) is 0 Å². The molecule has 0 saturated heterocycles. The number of aromatic nitrogens is 1. The number of aryl methyl sites for hydroxylation is 1. The molecular weight excluding hydrogens is 354 g/mol. The minimum absolute atomic E-state index is 0.133. The van der Waals surface area contributed by atoms with Crippen LogP contribution >= 0.6 is 11.6 Å². The number of nitrogens with zero attached hydrogens (tertiary/aromatic N) is 2. The van der Waals surface area contributed by atoms with Crippen molar-refractivity contribution in [3.63, 3.8) is 0 Å². The predicted octanol–water partition coefficient (Wildman–Crippen LogP) is 3.79. The average molecular weight is 376 g/mol. The van der Waals surface area contributed by atoms with Crippen molar-refractivity contribution in [2.75, 3.05) is 25.5 Å². The van der Waals surface area contributed by atoms with Crippen molar-refractivity contribution < 1.29 is 14.3 Å². The van der Waals surface area contributed by atoms with Gasteiger partial charge in [-0.25, -0.2) is 0 Å². The van der Waals surface area contributed by atoms with Crippen molar-refractivity contribution in [1.29, 1.82) is 0 Å². The number of halogens is 1. The molecule has 2 aromatic rings. The van der Waals surface area contributed by atoms with Gasteiger partial charge >= 0.3 is 0 Å². The van der Waals surface area contributed by atoms with Crippen LogP contribution in [-0.2, 0) is 0 Å². The summed E-state index contributed by atoms with van der Waals surface area (Å²) in [7, 11) is 1.50. The number of carbonyl (C=O) groups is 2. The first kappa shape index (κ1) is 19.7. The molecule has 26 heavy (non-hydrogen) atoms. The minimum atomic E-state index is -0.431. The van der Waals surface area contributed by atoms with E-state index in [0.29, 0.717) is 35.1 Å². The molecule has 6 nitrogen and oxygen atoms in total. The fourth-order valence-corrected chi connectivity index (χ4v) is 2.65. The second-order valence-electron chi connectivity index (χ2n) is 5.66. The Hall–Kier alpha value is -2.60. The number of methoxy groups -OCH3 is 1. The Labute approximate surface area is 158 Å². The summed E-state index contributed by atoms with van der Waals surface area (Å²) in [6.07, 6.45) is 1.45. The monoisotopic (exact) mass is 375 g/mol. The Morgan fingerprint density at radius 1 is 1.23 bits per heavy atom. The van der Waals surface area contributed by atoms with Gasteiger partial charge < -0.3 is 15.0 Å². The van der Waals surface area contributed by atoms with Gasteiger partial charge in [0.25, 0.3) is 11.8 Å². The molecule has 0 aliphatic carbocycles. The first-order chi connectivity index (χ1) is 12.4. The molecule has 2 rings (SSSR count). The number of ether oxygens (including phenoxy) is 1. The smallest absolute Gasteiger partial charge is 0.274 e. The van der Waals surface area contributed by atoms with Crippen molar-refractivity contribution in [1.82, 2.24) is 9.88 Å². The molecule has 0 fully saturated rings. The summed E-state index contributed by atoms with van der Waals surface area (Å²) in [4.78, 5) is 30.8. The summed E-state index contributed by atoms with van der Waals surface area (Å²) in [6, 6.07) is 6.46. The van der Waals surface area contributed by atoms with Crippen LogP contribution in [-0.4, -0.2) is 41.9 Å². The second kappa shape index (κ2) is 8.67. The van der Waals surface area contributed by atoms with Crippen molar-refractivity contribution in [3.8, 4) is 5.75 Å². The Morgan fingerprint density at radius 2 is 1.92 bits per heavy atom. The van der Waals surface area contributed by atoms with E-state index in [9.17, 15) is 9.59 Å². The number of pyridine rings is 1. The van der Waals surface area contributed by atoms with Gasteiger partial charge in [-0.05, 0) is 44.5 Å². The van der Waals surface area contributed by atoms with Gasteiger partial charge in [-0.2, -0.15) is 0 Å². The van der Waals surface area contributed by atoms with E-state index in [2.05, 4.69) is 10.3 Å². The average Bonchev–Trinajstić information content (AvgIpc) is 2.65. The molecular formula is C19H22ClN3O3. The minimum Gasteiger partial charge on any atom is -0.495 e. The van der Waals surface area contributed by atoms with E-state index in [4.69, 9.17) is 16.3 Å². The number of nitrogens with one attached hydrogen (secondary N) is 1. The van der Waals surface area contributed by atoms with Crippen LogP contribution in [0.2, 0.25) is 5.02 Å². The molecule has 1 heterocycles. The summed E-state index contributed by atoms with van der Waals surface area (Å²) in [5.74, 6) is -0.116. The lowest BCUT2D eigenvalue weighted by Gasteiger charge is -2.18. The zero-order valence-corrected chi connectivity index (χ0v) is 16.1. The Morgan fingerprint density at radius 3 is 2.54 bits per heavy atom. The lowest BCUT2D eigenvalue weighted by molar-refractivity contribution is 0.0773. The maximum absolute atomic E-state index is 12.6. The highest BCUT2D eigenvalue weighted by Crippen LogP contribution is 2.31. The molecule has 1 aromatic heterocycles. The van der Waals surface area contributed by atoms with Crippen LogP contribution in [0.4, 0.5) is 5.69 Å². The third kappa shape index (κ3) is 4.32. The van der Waals surface area contributed by atoms with E-state index in [0.717, 1.165) is 5.56 Å². The van der Waals surface area contributed by atoms with Crippen LogP contribution in [0.5, 0.6) is 5.75 Å². The summed E-state index contributed by atoms with van der Waals surface area (Å²) in [5, 5.41) is 3.31. The molecule has 1 aromatic carbocycles. The molecule has 2 amide bonds. The van der Waals surface area contributed by atoms with E-state index < -0.39 is 5.91 Å². The molecule has 138 valence electrons. The van der Waals surface area contributed by atoms with Gasteiger partial charge in [-0.15, -0.1) is 0 Å². The number of anilines is 1. The number of hydrogen-bond acceptors (Lipinski definition) is 4. The third-order valence-corrected chi connectivity index (χ3v) is 4.43. The fraction of sp³-hybridized carbons (Fsp3) is 0.316. The van der Waals surface area contributed by atoms with Crippen LogP contribution in [0, 0.1) is 6.92 Å². The Kier molecular flexibility index (Phi) is 6.58. The van der Waals surface area contributed by atoms with Crippen molar-refractivity contribution in [3.05, 3.63) is 52.3 Å². The number of carbonyl (C=O) groups excluding carboxylic acids is 2. The van der Waals surface area contributed by atoms with E-state index in [1.807, 2.05) is 20.8 Å². The number of rotatable bonds is 6. The zero-order chi connectivity index (χ0) is 19.3. The maximum atomic E-state index is 12.6. The van der Waals surface area contributed by atoms with Crippen LogP contribution in [0.1, 0.15) is 40.3 Å². The lowest BCUT2D eigenvalue weighted by atomic mass is 10.1. The molecule has 0 atom stereocenters. The highest BCUT2D eigenvalue weighted by atomic mass is 35.5. The van der Waals surface area contributed by atoms with Crippen molar-refractivity contribution in [2.24, 2.45) is 0 Å². The summed E-state index contributed by atoms with van der Waals surface area (Å²) in [6.45, 7) is 6.84. The molecule has 0 aliphatic heterocycles. The number of benzene rings is 1. The quantitative estimate of drug-likeness (QED) is 0.833.